The summed E-state index contributed by atoms with van der Waals surface area (Å²) in [6, 6.07) is 19.9. The summed E-state index contributed by atoms with van der Waals surface area (Å²) < 4.78 is 0. The van der Waals surface area contributed by atoms with E-state index in [-0.39, 0.29) is 5.56 Å². The maximum atomic E-state index is 12.0. The van der Waals surface area contributed by atoms with Gasteiger partial charge in [-0.1, -0.05) is 60.7 Å². The van der Waals surface area contributed by atoms with E-state index in [0.29, 0.717) is 27.5 Å². The van der Waals surface area contributed by atoms with Crippen LogP contribution in [0.4, 0.5) is 5.95 Å². The van der Waals surface area contributed by atoms with E-state index in [9.17, 15) is 9.90 Å². The van der Waals surface area contributed by atoms with E-state index in [2.05, 4.69) is 9.97 Å². The number of benzene rings is 2. The van der Waals surface area contributed by atoms with Crippen LogP contribution in [0, 0.1) is 0 Å². The fourth-order valence-corrected chi connectivity index (χ4v) is 4.46. The van der Waals surface area contributed by atoms with E-state index in [4.69, 9.17) is 0 Å². The first-order valence-electron chi connectivity index (χ1n) is 8.70. The van der Waals surface area contributed by atoms with Crippen LogP contribution in [-0.2, 0) is 11.5 Å². The molecule has 3 rings (SSSR count). The zero-order valence-electron chi connectivity index (χ0n) is 15.7. The first kappa shape index (κ1) is 20.2. The van der Waals surface area contributed by atoms with Gasteiger partial charge in [0.15, 0.2) is 0 Å². The highest BCUT2D eigenvalue weighted by Gasteiger charge is 2.22. The number of carboxylic acid groups (broad SMARTS) is 1. The highest BCUT2D eigenvalue weighted by atomic mass is 32.2. The van der Waals surface area contributed by atoms with Crippen LogP contribution in [0.2, 0.25) is 0 Å². The molecule has 2 aromatic carbocycles. The van der Waals surface area contributed by atoms with Crippen LogP contribution < -0.4 is 4.90 Å². The van der Waals surface area contributed by atoms with Crippen LogP contribution in [0.1, 0.15) is 21.5 Å². The largest absolute Gasteiger partial charge is 0.477 e. The number of carboxylic acids is 1. The van der Waals surface area contributed by atoms with E-state index in [1.54, 1.807) is 4.90 Å². The summed E-state index contributed by atoms with van der Waals surface area (Å²) in [7, 11) is 3.71. The zero-order valence-corrected chi connectivity index (χ0v) is 17.3. The highest BCUT2D eigenvalue weighted by Crippen LogP contribution is 2.33. The van der Waals surface area contributed by atoms with Gasteiger partial charge < -0.3 is 10.0 Å². The molecule has 0 fully saturated rings. The van der Waals surface area contributed by atoms with Gasteiger partial charge >= 0.3 is 5.97 Å². The van der Waals surface area contributed by atoms with Crippen molar-refractivity contribution in [3.8, 4) is 0 Å². The number of rotatable bonds is 8. The molecule has 0 radical (unpaired) electrons. The average molecular weight is 412 g/mol. The minimum Gasteiger partial charge on any atom is -0.477 e. The van der Waals surface area contributed by atoms with Gasteiger partial charge in [0.05, 0.1) is 0 Å². The van der Waals surface area contributed by atoms with Gasteiger partial charge in [-0.25, -0.2) is 14.8 Å². The topological polar surface area (TPSA) is 66.3 Å². The van der Waals surface area contributed by atoms with Gasteiger partial charge in [-0.05, 0) is 11.1 Å². The smallest absolute Gasteiger partial charge is 0.341 e. The Morgan fingerprint density at radius 2 is 1.29 bits per heavy atom. The van der Waals surface area contributed by atoms with Crippen LogP contribution >= 0.6 is 23.5 Å². The van der Waals surface area contributed by atoms with E-state index in [0.717, 1.165) is 11.1 Å². The van der Waals surface area contributed by atoms with Gasteiger partial charge in [-0.15, -0.1) is 23.5 Å². The lowest BCUT2D eigenvalue weighted by molar-refractivity contribution is 0.0687. The maximum absolute atomic E-state index is 12.0. The van der Waals surface area contributed by atoms with Gasteiger partial charge in [0, 0.05) is 25.6 Å². The van der Waals surface area contributed by atoms with Gasteiger partial charge in [-0.2, -0.15) is 0 Å². The highest BCUT2D eigenvalue weighted by molar-refractivity contribution is 7.99. The number of aromatic nitrogens is 2. The molecule has 0 bridgehead atoms. The van der Waals surface area contributed by atoms with Crippen LogP contribution in [0.5, 0.6) is 0 Å². The number of nitrogens with zero attached hydrogens (tertiary/aromatic N) is 3. The molecule has 0 saturated heterocycles. The van der Waals surface area contributed by atoms with Gasteiger partial charge in [0.2, 0.25) is 5.95 Å². The molecule has 0 aliphatic carbocycles. The summed E-state index contributed by atoms with van der Waals surface area (Å²) in [5.41, 5.74) is 2.41. The van der Waals surface area contributed by atoms with Crippen molar-refractivity contribution in [1.29, 1.82) is 0 Å². The Bertz CT molecular complexity index is 870. The summed E-state index contributed by atoms with van der Waals surface area (Å²) in [4.78, 5) is 22.8. The lowest BCUT2D eigenvalue weighted by Crippen LogP contribution is -2.16. The molecule has 5 nitrogen and oxygen atoms in total. The lowest BCUT2D eigenvalue weighted by Gasteiger charge is -2.16. The minimum atomic E-state index is -1.00. The molecule has 0 spiro atoms. The van der Waals surface area contributed by atoms with Crippen molar-refractivity contribution < 1.29 is 9.90 Å². The number of carbonyl (C=O) groups is 1. The Kier molecular flexibility index (Phi) is 6.95. The van der Waals surface area contributed by atoms with E-state index in [1.807, 2.05) is 74.8 Å². The quantitative estimate of drug-likeness (QED) is 0.421. The molecule has 0 amide bonds. The molecule has 0 aliphatic heterocycles. The summed E-state index contributed by atoms with van der Waals surface area (Å²) in [6.07, 6.45) is 0. The Labute approximate surface area is 173 Å². The monoisotopic (exact) mass is 411 g/mol. The van der Waals surface area contributed by atoms with Crippen molar-refractivity contribution in [2.24, 2.45) is 0 Å². The van der Waals surface area contributed by atoms with Crippen molar-refractivity contribution in [3.63, 3.8) is 0 Å². The predicted octanol–water partition coefficient (Wildman–Crippen LogP) is 4.83. The van der Waals surface area contributed by atoms with E-state index < -0.39 is 5.97 Å². The normalized spacial score (nSPS) is 10.6. The Morgan fingerprint density at radius 3 is 1.64 bits per heavy atom. The minimum absolute atomic E-state index is 0.174. The van der Waals surface area contributed by atoms with Crippen LogP contribution in [0.3, 0.4) is 0 Å². The molecule has 0 aliphatic rings. The molecule has 0 saturated carbocycles. The fraction of sp³-hybridized carbons (Fsp3) is 0.190. The number of anilines is 1. The Morgan fingerprint density at radius 1 is 0.857 bits per heavy atom. The number of hydrogen-bond acceptors (Lipinski definition) is 6. The number of hydrogen-bond donors (Lipinski definition) is 1. The second-order valence-corrected chi connectivity index (χ2v) is 8.19. The third-order valence-electron chi connectivity index (χ3n) is 3.88. The molecule has 7 heteroatoms. The van der Waals surface area contributed by atoms with Crippen molar-refractivity contribution >= 4 is 35.4 Å². The van der Waals surface area contributed by atoms with Crippen molar-refractivity contribution in [2.45, 2.75) is 21.6 Å². The van der Waals surface area contributed by atoms with Gasteiger partial charge in [-0.3, -0.25) is 0 Å². The third kappa shape index (κ3) is 5.27. The SMILES string of the molecule is CN(C)c1nc(SCc2ccccc2)c(C(=O)O)c(SCc2ccccc2)n1. The van der Waals surface area contributed by atoms with Gasteiger partial charge in [0.1, 0.15) is 15.6 Å². The second kappa shape index (κ2) is 9.61. The summed E-state index contributed by atoms with van der Waals surface area (Å²) in [6.45, 7) is 0. The van der Waals surface area contributed by atoms with Crippen LogP contribution in [0.25, 0.3) is 0 Å². The molecular weight excluding hydrogens is 390 g/mol. The first-order chi connectivity index (χ1) is 13.5. The molecule has 28 heavy (non-hydrogen) atoms. The molecule has 3 aromatic rings. The van der Waals surface area contributed by atoms with Gasteiger partial charge in [0.25, 0.3) is 0 Å². The number of aromatic carboxylic acids is 1. The number of thioether (sulfide) groups is 2. The fourth-order valence-electron chi connectivity index (χ4n) is 2.45. The average Bonchev–Trinajstić information content (AvgIpc) is 2.71. The first-order valence-corrected chi connectivity index (χ1v) is 10.7. The third-order valence-corrected chi connectivity index (χ3v) is 5.97. The molecule has 0 unspecified atom stereocenters. The van der Waals surface area contributed by atoms with Crippen LogP contribution in [-0.4, -0.2) is 35.1 Å². The summed E-state index contributed by atoms with van der Waals surface area (Å²) in [5, 5.41) is 10.8. The molecule has 0 atom stereocenters. The Balaban J connectivity index is 1.92. The zero-order chi connectivity index (χ0) is 19.9. The predicted molar refractivity (Wildman–Crippen MR) is 115 cm³/mol. The van der Waals surface area contributed by atoms with Crippen molar-refractivity contribution in [2.75, 3.05) is 19.0 Å². The summed E-state index contributed by atoms with van der Waals surface area (Å²) in [5.74, 6) is 0.800. The van der Waals surface area contributed by atoms with E-state index in [1.165, 1.54) is 23.5 Å². The Hall–Kier alpha value is -2.51. The summed E-state index contributed by atoms with van der Waals surface area (Å²) >= 11 is 2.85. The molecular formula is C21H21N3O2S2. The van der Waals surface area contributed by atoms with E-state index >= 15 is 0 Å². The molecule has 144 valence electrons. The van der Waals surface area contributed by atoms with Crippen molar-refractivity contribution in [3.05, 3.63) is 77.4 Å². The standard InChI is InChI=1S/C21H21N3O2S2/c1-24(2)21-22-18(27-13-15-9-5-3-6-10-15)17(20(25)26)19(23-21)28-14-16-11-7-4-8-12-16/h3-12H,13-14H2,1-2H3,(H,25,26). The van der Waals surface area contributed by atoms with Crippen molar-refractivity contribution in [1.82, 2.24) is 9.97 Å². The van der Waals surface area contributed by atoms with Crippen LogP contribution in [0.15, 0.2) is 70.7 Å². The molecule has 1 N–H and O–H groups in total. The second-order valence-electron chi connectivity index (χ2n) is 6.26. The molecule has 1 heterocycles. The molecule has 1 aromatic heterocycles. The lowest BCUT2D eigenvalue weighted by atomic mass is 10.2. The maximum Gasteiger partial charge on any atom is 0.341 e.